The number of rotatable bonds is 6. The second kappa shape index (κ2) is 6.94. The van der Waals surface area contributed by atoms with E-state index in [0.717, 1.165) is 4.89 Å². The van der Waals surface area contributed by atoms with Crippen molar-refractivity contribution >= 4 is 16.0 Å². The minimum atomic E-state index is -5.30. The lowest BCUT2D eigenvalue weighted by molar-refractivity contribution is -0.203. The highest BCUT2D eigenvalue weighted by Crippen LogP contribution is 2.21. The van der Waals surface area contributed by atoms with Crippen LogP contribution < -0.4 is 15.4 Å². The fourth-order valence-electron chi connectivity index (χ4n) is 1.46. The summed E-state index contributed by atoms with van der Waals surface area (Å²) >= 11 is 0. The first-order valence-electron chi connectivity index (χ1n) is 5.72. The van der Waals surface area contributed by atoms with Crippen LogP contribution >= 0.6 is 0 Å². The van der Waals surface area contributed by atoms with Crippen molar-refractivity contribution in [2.75, 3.05) is 7.11 Å². The molecular formula is C11H13F3N2O5S. The smallest absolute Gasteiger partial charge is 0.492 e. The highest BCUT2D eigenvalue weighted by Gasteiger charge is 2.42. The molecule has 22 heavy (non-hydrogen) atoms. The van der Waals surface area contributed by atoms with Crippen molar-refractivity contribution in [3.63, 3.8) is 0 Å². The van der Waals surface area contributed by atoms with Crippen molar-refractivity contribution in [3.8, 4) is 5.75 Å². The van der Waals surface area contributed by atoms with Gasteiger partial charge in [-0.1, -0.05) is 12.1 Å². The number of nitrogens with two attached hydrogens (primary N) is 1. The lowest BCUT2D eigenvalue weighted by Crippen LogP contribution is -2.35. The maximum absolute atomic E-state index is 11.9. The molecule has 11 heteroatoms. The van der Waals surface area contributed by atoms with Crippen LogP contribution in [-0.2, 0) is 32.0 Å². The van der Waals surface area contributed by atoms with Crippen LogP contribution in [0.25, 0.3) is 0 Å². The normalized spacial score (nSPS) is 12.0. The number of hydrogen-bond donors (Lipinski definition) is 2. The van der Waals surface area contributed by atoms with Crippen molar-refractivity contribution in [1.29, 1.82) is 0 Å². The van der Waals surface area contributed by atoms with Gasteiger partial charge in [-0.15, -0.1) is 0 Å². The Morgan fingerprint density at radius 3 is 2.50 bits per heavy atom. The Balaban J connectivity index is 2.79. The van der Waals surface area contributed by atoms with E-state index in [-0.39, 0.29) is 12.1 Å². The summed E-state index contributed by atoms with van der Waals surface area (Å²) in [6, 6.07) is 4.30. The molecular weight excluding hydrogens is 329 g/mol. The molecule has 7 nitrogen and oxygen atoms in total. The van der Waals surface area contributed by atoms with Crippen LogP contribution in [0, 0.1) is 0 Å². The van der Waals surface area contributed by atoms with Crippen LogP contribution in [0.15, 0.2) is 18.2 Å². The topological polar surface area (TPSA) is 108 Å². The molecule has 0 saturated carbocycles. The largest absolute Gasteiger partial charge is 0.496 e. The molecule has 0 radical (unpaired) electrons. The van der Waals surface area contributed by atoms with Gasteiger partial charge in [0.2, 0.25) is 10.0 Å². The quantitative estimate of drug-likeness (QED) is 0.733. The van der Waals surface area contributed by atoms with Gasteiger partial charge in [0.05, 0.1) is 12.9 Å². The number of benzene rings is 1. The van der Waals surface area contributed by atoms with Crippen LogP contribution in [0.4, 0.5) is 13.2 Å². The summed E-state index contributed by atoms with van der Waals surface area (Å²) in [7, 11) is -2.96. The van der Waals surface area contributed by atoms with E-state index in [4.69, 9.17) is 10.5 Å². The maximum atomic E-state index is 11.9. The zero-order chi connectivity index (χ0) is 17.0. The van der Waals surface area contributed by atoms with E-state index in [2.05, 4.69) is 4.84 Å². The highest BCUT2D eigenvalue weighted by atomic mass is 32.2. The molecule has 1 aromatic rings. The minimum absolute atomic E-state index is 0.164. The van der Waals surface area contributed by atoms with Crippen molar-refractivity contribution < 1.29 is 36.0 Å². The van der Waals surface area contributed by atoms with Gasteiger partial charge in [0.15, 0.2) is 0 Å². The monoisotopic (exact) mass is 342 g/mol. The number of hydrogen-bond acceptors (Lipinski definition) is 6. The summed E-state index contributed by atoms with van der Waals surface area (Å²) in [5, 5.41) is 0. The summed E-state index contributed by atoms with van der Waals surface area (Å²) in [6.07, 6.45) is -5.30. The van der Waals surface area contributed by atoms with E-state index in [0.29, 0.717) is 11.3 Å². The van der Waals surface area contributed by atoms with Crippen LogP contribution in [0.1, 0.15) is 11.1 Å². The number of sulfonamides is 1. The third-order valence-corrected chi connectivity index (χ3v) is 3.47. The second-order valence-electron chi connectivity index (χ2n) is 4.08. The van der Waals surface area contributed by atoms with Gasteiger partial charge in [0.25, 0.3) is 0 Å². The predicted molar refractivity (Wildman–Crippen MR) is 68.8 cm³/mol. The third kappa shape index (κ3) is 5.16. The van der Waals surface area contributed by atoms with Gasteiger partial charge in [-0.3, -0.25) is 0 Å². The minimum Gasteiger partial charge on any atom is -0.496 e. The summed E-state index contributed by atoms with van der Waals surface area (Å²) in [4.78, 5) is 15.0. The Bertz CT molecular complexity index is 646. The van der Waals surface area contributed by atoms with Crippen LogP contribution in [0.3, 0.4) is 0 Å². The zero-order valence-corrected chi connectivity index (χ0v) is 12.1. The molecule has 124 valence electrons. The molecule has 0 aliphatic heterocycles. The van der Waals surface area contributed by atoms with Gasteiger partial charge in [-0.05, 0) is 16.5 Å². The molecule has 0 bridgehead atoms. The average Bonchev–Trinajstić information content (AvgIpc) is 2.43. The molecule has 0 spiro atoms. The Hall–Kier alpha value is -1.85. The van der Waals surface area contributed by atoms with Gasteiger partial charge in [-0.2, -0.15) is 13.2 Å². The molecule has 0 aromatic heterocycles. The molecule has 0 unspecified atom stereocenters. The van der Waals surface area contributed by atoms with E-state index >= 15 is 0 Å². The molecule has 0 amide bonds. The fourth-order valence-corrected chi connectivity index (χ4v) is 2.34. The van der Waals surface area contributed by atoms with Gasteiger partial charge in [0, 0.05) is 12.1 Å². The number of halogens is 3. The molecule has 1 aromatic carbocycles. The van der Waals surface area contributed by atoms with E-state index in [1.54, 1.807) is 0 Å². The second-order valence-corrected chi connectivity index (χ2v) is 5.76. The summed E-state index contributed by atoms with van der Waals surface area (Å²) in [6.45, 7) is 0.164. The van der Waals surface area contributed by atoms with Crippen molar-refractivity contribution in [2.45, 2.75) is 18.5 Å². The Morgan fingerprint density at radius 2 is 2.00 bits per heavy atom. The molecule has 0 aliphatic rings. The van der Waals surface area contributed by atoms with Crippen LogP contribution in [0.2, 0.25) is 0 Å². The summed E-state index contributed by atoms with van der Waals surface area (Å²) < 4.78 is 63.8. The van der Waals surface area contributed by atoms with E-state index in [9.17, 15) is 26.4 Å². The first-order chi connectivity index (χ1) is 10.1. The van der Waals surface area contributed by atoms with E-state index < -0.39 is 27.9 Å². The number of carbonyl (C=O) groups excluding carboxylic acids is 1. The Kier molecular flexibility index (Phi) is 5.74. The number of ether oxygens (including phenoxy) is 1. The first kappa shape index (κ1) is 18.2. The number of carbonyl (C=O) groups is 1. The molecule has 3 N–H and O–H groups in total. The number of methoxy groups -OCH3 is 1. The van der Waals surface area contributed by atoms with Gasteiger partial charge in [0.1, 0.15) is 5.75 Å². The average molecular weight is 342 g/mol. The molecule has 0 atom stereocenters. The van der Waals surface area contributed by atoms with E-state index in [1.165, 1.54) is 25.3 Å². The summed E-state index contributed by atoms with van der Waals surface area (Å²) in [5.74, 6) is -3.03. The lowest BCUT2D eigenvalue weighted by Gasteiger charge is -2.11. The van der Waals surface area contributed by atoms with Gasteiger partial charge < -0.3 is 15.3 Å². The zero-order valence-electron chi connectivity index (χ0n) is 11.3. The maximum Gasteiger partial charge on any atom is 0.492 e. The molecule has 1 rings (SSSR count). The van der Waals surface area contributed by atoms with Gasteiger partial charge >= 0.3 is 12.1 Å². The lowest BCUT2D eigenvalue weighted by atomic mass is 10.1. The highest BCUT2D eigenvalue weighted by molar-refractivity contribution is 7.88. The van der Waals surface area contributed by atoms with E-state index in [1.807, 2.05) is 0 Å². The van der Waals surface area contributed by atoms with Gasteiger partial charge in [-0.25, -0.2) is 13.2 Å². The Labute approximate surface area is 124 Å². The molecule has 0 aliphatic carbocycles. The molecule has 0 saturated heterocycles. The van der Waals surface area contributed by atoms with Crippen molar-refractivity contribution in [3.05, 3.63) is 29.3 Å². The summed E-state index contributed by atoms with van der Waals surface area (Å²) in [5.41, 5.74) is 6.29. The van der Waals surface area contributed by atoms with Crippen molar-refractivity contribution in [2.24, 2.45) is 5.73 Å². The fraction of sp³-hybridized carbons (Fsp3) is 0.364. The molecule has 0 heterocycles. The van der Waals surface area contributed by atoms with Crippen LogP contribution in [-0.4, -0.2) is 27.7 Å². The Morgan fingerprint density at radius 1 is 1.36 bits per heavy atom. The third-order valence-electron chi connectivity index (χ3n) is 2.42. The van der Waals surface area contributed by atoms with Crippen molar-refractivity contribution in [1.82, 2.24) is 4.89 Å². The number of nitrogens with one attached hydrogen (secondary N) is 1. The predicted octanol–water partition coefficient (Wildman–Crippen LogP) is 0.594. The first-order valence-corrected chi connectivity index (χ1v) is 7.37. The molecule has 0 fully saturated rings. The SMILES string of the molecule is COc1cc(CS(=O)(=O)NOC(=O)C(F)(F)F)ccc1CN. The standard InChI is InChI=1S/C11H13F3N2O5S/c1-20-9-4-7(2-3-8(9)5-15)6-22(18,19)16-21-10(17)11(12,13)14/h2-4,16H,5-6,15H2,1H3. The van der Waals surface area contributed by atoms with Crippen LogP contribution in [0.5, 0.6) is 5.75 Å². The number of alkyl halides is 3.